The lowest BCUT2D eigenvalue weighted by molar-refractivity contribution is -0.343. The Kier molecular flexibility index (Phi) is 20.0. The van der Waals surface area contributed by atoms with Crippen LogP contribution < -0.4 is 0 Å². The Balaban J connectivity index is 2.26. The molecule has 0 spiro atoms. The topological polar surface area (TPSA) is 148 Å². The maximum Gasteiger partial charge on any atom is 0.187 e. The van der Waals surface area contributed by atoms with Crippen molar-refractivity contribution >= 4 is 0 Å². The second-order valence-electron chi connectivity index (χ2n) is 10.8. The first kappa shape index (κ1) is 41.5. The summed E-state index contributed by atoms with van der Waals surface area (Å²) in [7, 11) is 18.9. The molecule has 0 aliphatic carbocycles. The summed E-state index contributed by atoms with van der Waals surface area (Å²) >= 11 is 0. The molecular formula is C30H58O16. The van der Waals surface area contributed by atoms with E-state index in [4.69, 9.17) is 75.8 Å². The minimum absolute atomic E-state index is 0.0274. The van der Waals surface area contributed by atoms with Crippen LogP contribution in [0.2, 0.25) is 0 Å². The molecule has 0 aromatic heterocycles. The highest BCUT2D eigenvalue weighted by molar-refractivity contribution is 4.95. The van der Waals surface area contributed by atoms with E-state index in [0.717, 1.165) is 0 Å². The molecule has 0 aromatic carbocycles. The number of ether oxygens (including phenoxy) is 16. The first-order valence-electron chi connectivity index (χ1n) is 15.1. The Morgan fingerprint density at radius 2 is 0.826 bits per heavy atom. The van der Waals surface area contributed by atoms with Crippen molar-refractivity contribution in [3.63, 3.8) is 0 Å². The minimum Gasteiger partial charge on any atom is -0.382 e. The highest BCUT2D eigenvalue weighted by Gasteiger charge is 2.51. The van der Waals surface area contributed by atoms with Crippen LogP contribution >= 0.6 is 0 Å². The Labute approximate surface area is 273 Å². The van der Waals surface area contributed by atoms with Crippen LogP contribution in [0.1, 0.15) is 0 Å². The average molecular weight is 675 g/mol. The maximum atomic E-state index is 6.43. The normalized spacial score (nSPS) is 34.7. The molecule has 2 aliphatic heterocycles. The molecule has 2 fully saturated rings. The summed E-state index contributed by atoms with van der Waals surface area (Å²) in [5.74, 6) is 0. The predicted octanol–water partition coefficient (Wildman–Crippen LogP) is -0.0878. The Hall–Kier alpha value is -0.640. The highest BCUT2D eigenvalue weighted by atomic mass is 16.8. The lowest BCUT2D eigenvalue weighted by Gasteiger charge is -2.47. The van der Waals surface area contributed by atoms with Crippen molar-refractivity contribution in [2.45, 2.75) is 85.8 Å². The van der Waals surface area contributed by atoms with E-state index >= 15 is 0 Å². The van der Waals surface area contributed by atoms with Crippen molar-refractivity contribution in [1.29, 1.82) is 0 Å². The molecule has 2 heterocycles. The van der Waals surface area contributed by atoms with Crippen molar-refractivity contribution in [3.05, 3.63) is 0 Å². The van der Waals surface area contributed by atoms with Crippen LogP contribution in [0.25, 0.3) is 0 Å². The van der Waals surface area contributed by atoms with Gasteiger partial charge in [-0.2, -0.15) is 0 Å². The molecule has 16 nitrogen and oxygen atoms in total. The van der Waals surface area contributed by atoms with Gasteiger partial charge in [-0.25, -0.2) is 0 Å². The van der Waals surface area contributed by atoms with Crippen LogP contribution in [-0.4, -0.2) is 198 Å². The van der Waals surface area contributed by atoms with Crippen LogP contribution in [0.4, 0.5) is 0 Å². The SMILES string of the molecule is COC[C@H](OC)[C@@H](OC)[C@H](OC)[C@@H](CO[C@H]1O[C@H](CO[C@H]2O[C@H](COC)[C@H](OC)[C@H](OC)[C@H]2OC)[C@H](OC)[C@H](OC)[C@H]1OC)OC. The highest BCUT2D eigenvalue weighted by Crippen LogP contribution is 2.32. The Morgan fingerprint density at radius 3 is 1.20 bits per heavy atom. The number of methoxy groups -OCH3 is 12. The van der Waals surface area contributed by atoms with Gasteiger partial charge in [-0.05, 0) is 0 Å². The average Bonchev–Trinajstić information content (AvgIpc) is 3.08. The molecule has 0 unspecified atom stereocenters. The summed E-state index contributed by atoms with van der Waals surface area (Å²) in [6.07, 6.45) is -8.36. The lowest BCUT2D eigenvalue weighted by atomic mass is 9.97. The van der Waals surface area contributed by atoms with Crippen LogP contribution in [0.3, 0.4) is 0 Å². The summed E-state index contributed by atoms with van der Waals surface area (Å²) in [4.78, 5) is 0. The smallest absolute Gasteiger partial charge is 0.187 e. The van der Waals surface area contributed by atoms with E-state index in [1.165, 1.54) is 0 Å². The third-order valence-corrected chi connectivity index (χ3v) is 8.53. The molecule has 0 aromatic rings. The van der Waals surface area contributed by atoms with Crippen LogP contribution in [0.5, 0.6) is 0 Å². The number of hydrogen-bond acceptors (Lipinski definition) is 16. The molecule has 2 rings (SSSR count). The molecule has 0 saturated carbocycles. The monoisotopic (exact) mass is 674 g/mol. The molecule has 2 saturated heterocycles. The Morgan fingerprint density at radius 1 is 0.413 bits per heavy atom. The van der Waals surface area contributed by atoms with Crippen LogP contribution in [-0.2, 0) is 75.8 Å². The van der Waals surface area contributed by atoms with Gasteiger partial charge in [0.15, 0.2) is 12.6 Å². The van der Waals surface area contributed by atoms with E-state index in [2.05, 4.69) is 0 Å². The fourth-order valence-corrected chi connectivity index (χ4v) is 6.19. The summed E-state index contributed by atoms with van der Waals surface area (Å²) < 4.78 is 93.6. The maximum absolute atomic E-state index is 6.43. The van der Waals surface area contributed by atoms with Crippen molar-refractivity contribution < 1.29 is 75.8 Å². The number of hydrogen-bond donors (Lipinski definition) is 0. The van der Waals surface area contributed by atoms with Gasteiger partial charge in [0.1, 0.15) is 73.2 Å². The molecule has 2 aliphatic rings. The third kappa shape index (κ3) is 10.2. The van der Waals surface area contributed by atoms with Crippen molar-refractivity contribution in [3.8, 4) is 0 Å². The van der Waals surface area contributed by atoms with Gasteiger partial charge in [-0.3, -0.25) is 0 Å². The lowest BCUT2D eigenvalue weighted by Crippen LogP contribution is -2.63. The second kappa shape index (κ2) is 22.2. The van der Waals surface area contributed by atoms with Gasteiger partial charge in [-0.15, -0.1) is 0 Å². The molecule has 274 valence electrons. The van der Waals surface area contributed by atoms with E-state index in [0.29, 0.717) is 0 Å². The zero-order valence-corrected chi connectivity index (χ0v) is 29.4. The summed E-state index contributed by atoms with van der Waals surface area (Å²) in [5, 5.41) is 0. The van der Waals surface area contributed by atoms with Gasteiger partial charge < -0.3 is 75.8 Å². The largest absolute Gasteiger partial charge is 0.382 e. The predicted molar refractivity (Wildman–Crippen MR) is 161 cm³/mol. The van der Waals surface area contributed by atoms with Gasteiger partial charge in [0.25, 0.3) is 0 Å². The number of rotatable bonds is 23. The summed E-state index contributed by atoms with van der Waals surface area (Å²) in [6.45, 7) is 0.627. The second-order valence-corrected chi connectivity index (χ2v) is 10.8. The molecule has 14 atom stereocenters. The first-order chi connectivity index (χ1) is 22.3. The van der Waals surface area contributed by atoms with E-state index < -0.39 is 85.8 Å². The first-order valence-corrected chi connectivity index (χ1v) is 15.1. The molecule has 0 radical (unpaired) electrons. The van der Waals surface area contributed by atoms with Gasteiger partial charge in [0.2, 0.25) is 0 Å². The van der Waals surface area contributed by atoms with Gasteiger partial charge in [0.05, 0.1) is 26.4 Å². The van der Waals surface area contributed by atoms with Crippen LogP contribution in [0, 0.1) is 0 Å². The molecule has 0 amide bonds. The summed E-state index contributed by atoms with van der Waals surface area (Å²) in [5.41, 5.74) is 0. The van der Waals surface area contributed by atoms with Gasteiger partial charge in [0, 0.05) is 85.3 Å². The zero-order valence-electron chi connectivity index (χ0n) is 29.4. The van der Waals surface area contributed by atoms with E-state index in [1.54, 1.807) is 85.3 Å². The quantitative estimate of drug-likeness (QED) is 0.142. The van der Waals surface area contributed by atoms with Gasteiger partial charge >= 0.3 is 0 Å². The molecule has 46 heavy (non-hydrogen) atoms. The fourth-order valence-electron chi connectivity index (χ4n) is 6.19. The van der Waals surface area contributed by atoms with Crippen molar-refractivity contribution in [2.24, 2.45) is 0 Å². The van der Waals surface area contributed by atoms with Crippen molar-refractivity contribution in [1.82, 2.24) is 0 Å². The zero-order chi connectivity index (χ0) is 34.2. The molecule has 0 N–H and O–H groups in total. The van der Waals surface area contributed by atoms with E-state index in [9.17, 15) is 0 Å². The fraction of sp³-hybridized carbons (Fsp3) is 1.00. The molecule has 16 heteroatoms. The van der Waals surface area contributed by atoms with E-state index in [1.807, 2.05) is 0 Å². The van der Waals surface area contributed by atoms with Crippen molar-refractivity contribution in [2.75, 3.05) is 112 Å². The van der Waals surface area contributed by atoms with Crippen LogP contribution in [0.15, 0.2) is 0 Å². The Bertz CT molecular complexity index is 781. The van der Waals surface area contributed by atoms with Gasteiger partial charge in [-0.1, -0.05) is 0 Å². The minimum atomic E-state index is -0.903. The third-order valence-electron chi connectivity index (χ3n) is 8.53. The molecular weight excluding hydrogens is 616 g/mol. The van der Waals surface area contributed by atoms with E-state index in [-0.39, 0.29) is 26.4 Å². The standard InChI is InChI=1S/C30H58O16/c1-31-13-17(33-3)21(35-5)22(36-6)18(34-4)15-43-29-28(42-12)26(40-10)24(38-8)20(46-29)16-44-30-27(41-11)25(39-9)23(37-7)19(45-30)14-32-2/h17-30H,13-16H2,1-12H3/t17-,18+,19+,20+,21+,22+,23-,24-,25-,26-,27+,28+,29-,30-/m0/s1. The molecule has 0 bridgehead atoms. The summed E-state index contributed by atoms with van der Waals surface area (Å²) in [6, 6.07) is 0.